The van der Waals surface area contributed by atoms with Crippen LogP contribution in [-0.2, 0) is 11.2 Å². The SMILES string of the molecule is C=Cc1ccc(CC(=O)N2CCCC2)cc1. The third-order valence-electron chi connectivity index (χ3n) is 3.03. The normalized spacial score (nSPS) is 15.1. The second-order valence-corrected chi connectivity index (χ2v) is 4.21. The summed E-state index contributed by atoms with van der Waals surface area (Å²) in [7, 11) is 0. The van der Waals surface area contributed by atoms with Gasteiger partial charge in [-0.05, 0) is 24.0 Å². The summed E-state index contributed by atoms with van der Waals surface area (Å²) in [5, 5.41) is 0. The summed E-state index contributed by atoms with van der Waals surface area (Å²) in [4.78, 5) is 13.8. The molecule has 2 rings (SSSR count). The molecule has 1 saturated heterocycles. The van der Waals surface area contributed by atoms with Gasteiger partial charge in [0.1, 0.15) is 0 Å². The second-order valence-electron chi connectivity index (χ2n) is 4.21. The predicted molar refractivity (Wildman–Crippen MR) is 66.1 cm³/mol. The lowest BCUT2D eigenvalue weighted by molar-refractivity contribution is -0.129. The van der Waals surface area contributed by atoms with Crippen LogP contribution in [0.4, 0.5) is 0 Å². The van der Waals surface area contributed by atoms with Crippen LogP contribution >= 0.6 is 0 Å². The van der Waals surface area contributed by atoms with Gasteiger partial charge in [0.25, 0.3) is 0 Å². The number of hydrogen-bond acceptors (Lipinski definition) is 1. The van der Waals surface area contributed by atoms with Crippen molar-refractivity contribution in [1.29, 1.82) is 0 Å². The predicted octanol–water partition coefficient (Wildman–Crippen LogP) is 2.49. The summed E-state index contributed by atoms with van der Waals surface area (Å²) in [6.07, 6.45) is 4.64. The largest absolute Gasteiger partial charge is 0.342 e. The first-order valence-electron chi connectivity index (χ1n) is 5.79. The van der Waals surface area contributed by atoms with Gasteiger partial charge in [-0.3, -0.25) is 4.79 Å². The fraction of sp³-hybridized carbons (Fsp3) is 0.357. The monoisotopic (exact) mass is 215 g/mol. The minimum Gasteiger partial charge on any atom is -0.342 e. The maximum absolute atomic E-state index is 11.9. The van der Waals surface area contributed by atoms with Gasteiger partial charge in [0.15, 0.2) is 0 Å². The highest BCUT2D eigenvalue weighted by Gasteiger charge is 2.17. The number of amides is 1. The van der Waals surface area contributed by atoms with Crippen molar-refractivity contribution in [2.24, 2.45) is 0 Å². The number of nitrogens with zero attached hydrogens (tertiary/aromatic N) is 1. The minimum absolute atomic E-state index is 0.254. The van der Waals surface area contributed by atoms with E-state index in [1.165, 1.54) is 0 Å². The third-order valence-corrected chi connectivity index (χ3v) is 3.03. The molecule has 0 spiro atoms. The first-order chi connectivity index (χ1) is 7.79. The van der Waals surface area contributed by atoms with Crippen molar-refractivity contribution in [3.05, 3.63) is 42.0 Å². The van der Waals surface area contributed by atoms with Gasteiger partial charge in [-0.2, -0.15) is 0 Å². The van der Waals surface area contributed by atoms with Crippen molar-refractivity contribution >= 4 is 12.0 Å². The molecule has 0 bridgehead atoms. The van der Waals surface area contributed by atoms with E-state index in [1.54, 1.807) is 0 Å². The Balaban J connectivity index is 1.97. The third kappa shape index (κ3) is 2.51. The molecule has 1 amide bonds. The van der Waals surface area contributed by atoms with Gasteiger partial charge < -0.3 is 4.90 Å². The average molecular weight is 215 g/mol. The van der Waals surface area contributed by atoms with Crippen molar-refractivity contribution in [3.63, 3.8) is 0 Å². The van der Waals surface area contributed by atoms with Gasteiger partial charge in [-0.1, -0.05) is 36.9 Å². The number of rotatable bonds is 3. The van der Waals surface area contributed by atoms with Crippen LogP contribution in [0.1, 0.15) is 24.0 Å². The number of hydrogen-bond donors (Lipinski definition) is 0. The molecule has 2 nitrogen and oxygen atoms in total. The Kier molecular flexibility index (Phi) is 3.40. The van der Waals surface area contributed by atoms with Crippen LogP contribution in [0.15, 0.2) is 30.8 Å². The highest BCUT2D eigenvalue weighted by Crippen LogP contribution is 2.11. The summed E-state index contributed by atoms with van der Waals surface area (Å²) in [5.41, 5.74) is 2.18. The van der Waals surface area contributed by atoms with E-state index in [0.29, 0.717) is 6.42 Å². The van der Waals surface area contributed by atoms with Crippen molar-refractivity contribution in [3.8, 4) is 0 Å². The molecule has 2 heteroatoms. The Morgan fingerprint density at radius 3 is 2.44 bits per heavy atom. The van der Waals surface area contributed by atoms with Crippen molar-refractivity contribution in [2.75, 3.05) is 13.1 Å². The van der Waals surface area contributed by atoms with Crippen molar-refractivity contribution < 1.29 is 4.79 Å². The van der Waals surface area contributed by atoms with E-state index < -0.39 is 0 Å². The van der Waals surface area contributed by atoms with Gasteiger partial charge in [0.2, 0.25) is 5.91 Å². The molecule has 0 radical (unpaired) electrons. The summed E-state index contributed by atoms with van der Waals surface area (Å²) in [6.45, 7) is 5.58. The van der Waals surface area contributed by atoms with E-state index in [-0.39, 0.29) is 5.91 Å². The molecule has 0 saturated carbocycles. The molecule has 1 aliphatic heterocycles. The van der Waals surface area contributed by atoms with E-state index in [0.717, 1.165) is 37.1 Å². The zero-order valence-corrected chi connectivity index (χ0v) is 9.48. The summed E-state index contributed by atoms with van der Waals surface area (Å²) in [5.74, 6) is 0.254. The molecule has 16 heavy (non-hydrogen) atoms. The summed E-state index contributed by atoms with van der Waals surface area (Å²) < 4.78 is 0. The highest BCUT2D eigenvalue weighted by molar-refractivity contribution is 5.79. The second kappa shape index (κ2) is 4.97. The number of carbonyl (C=O) groups is 1. The molecule has 0 atom stereocenters. The molecule has 0 aromatic heterocycles. The Bertz CT molecular complexity index is 374. The zero-order chi connectivity index (χ0) is 11.4. The van der Waals surface area contributed by atoms with Crippen LogP contribution in [0.2, 0.25) is 0 Å². The molecule has 0 aliphatic carbocycles. The lowest BCUT2D eigenvalue weighted by atomic mass is 10.1. The lowest BCUT2D eigenvalue weighted by Crippen LogP contribution is -2.29. The quantitative estimate of drug-likeness (QED) is 0.758. The lowest BCUT2D eigenvalue weighted by Gasteiger charge is -2.14. The topological polar surface area (TPSA) is 20.3 Å². The minimum atomic E-state index is 0.254. The van der Waals surface area contributed by atoms with Gasteiger partial charge in [-0.25, -0.2) is 0 Å². The fourth-order valence-electron chi connectivity index (χ4n) is 2.02. The standard InChI is InChI=1S/C14H17NO/c1-2-12-5-7-13(8-6-12)11-14(16)15-9-3-4-10-15/h2,5-8H,1,3-4,9-11H2. The van der Waals surface area contributed by atoms with E-state index in [4.69, 9.17) is 0 Å². The Morgan fingerprint density at radius 1 is 1.25 bits per heavy atom. The first kappa shape index (κ1) is 10.9. The average Bonchev–Trinajstić information content (AvgIpc) is 2.83. The Morgan fingerprint density at radius 2 is 1.88 bits per heavy atom. The van der Waals surface area contributed by atoms with E-state index in [1.807, 2.05) is 35.2 Å². The molecule has 1 aliphatic rings. The van der Waals surface area contributed by atoms with Crippen LogP contribution in [0.5, 0.6) is 0 Å². The van der Waals surface area contributed by atoms with Gasteiger partial charge in [0.05, 0.1) is 6.42 Å². The van der Waals surface area contributed by atoms with Crippen LogP contribution in [0.3, 0.4) is 0 Å². The maximum atomic E-state index is 11.9. The van der Waals surface area contributed by atoms with Gasteiger partial charge >= 0.3 is 0 Å². The number of benzene rings is 1. The van der Waals surface area contributed by atoms with Crippen LogP contribution in [0.25, 0.3) is 6.08 Å². The first-order valence-corrected chi connectivity index (χ1v) is 5.79. The maximum Gasteiger partial charge on any atom is 0.226 e. The summed E-state index contributed by atoms with van der Waals surface area (Å²) in [6, 6.07) is 8.01. The number of likely N-dealkylation sites (tertiary alicyclic amines) is 1. The van der Waals surface area contributed by atoms with E-state index >= 15 is 0 Å². The molecular formula is C14H17NO. The molecule has 1 aromatic rings. The smallest absolute Gasteiger partial charge is 0.226 e. The van der Waals surface area contributed by atoms with Crippen LogP contribution in [-0.4, -0.2) is 23.9 Å². The Labute approximate surface area is 96.6 Å². The van der Waals surface area contributed by atoms with E-state index in [2.05, 4.69) is 6.58 Å². The van der Waals surface area contributed by atoms with Gasteiger partial charge in [0, 0.05) is 13.1 Å². The molecule has 0 N–H and O–H groups in total. The molecule has 1 fully saturated rings. The van der Waals surface area contributed by atoms with E-state index in [9.17, 15) is 4.79 Å². The fourth-order valence-corrected chi connectivity index (χ4v) is 2.02. The van der Waals surface area contributed by atoms with Crippen LogP contribution < -0.4 is 0 Å². The summed E-state index contributed by atoms with van der Waals surface area (Å²) >= 11 is 0. The zero-order valence-electron chi connectivity index (χ0n) is 9.48. The van der Waals surface area contributed by atoms with Crippen molar-refractivity contribution in [1.82, 2.24) is 4.90 Å². The van der Waals surface area contributed by atoms with Crippen LogP contribution in [0, 0.1) is 0 Å². The Hall–Kier alpha value is -1.57. The molecule has 1 heterocycles. The molecule has 84 valence electrons. The van der Waals surface area contributed by atoms with Crippen molar-refractivity contribution in [2.45, 2.75) is 19.3 Å². The molecule has 1 aromatic carbocycles. The van der Waals surface area contributed by atoms with Gasteiger partial charge in [-0.15, -0.1) is 0 Å². The number of carbonyl (C=O) groups excluding carboxylic acids is 1. The molecular weight excluding hydrogens is 198 g/mol. The highest BCUT2D eigenvalue weighted by atomic mass is 16.2. The molecule has 0 unspecified atom stereocenters.